The van der Waals surface area contributed by atoms with Crippen LogP contribution in [0.25, 0.3) is 11.1 Å². The summed E-state index contributed by atoms with van der Waals surface area (Å²) in [7, 11) is 2.01. The lowest BCUT2D eigenvalue weighted by Gasteiger charge is -2.66. The van der Waals surface area contributed by atoms with Crippen LogP contribution < -0.4 is 15.0 Å². The molecule has 2 aromatic rings. The van der Waals surface area contributed by atoms with E-state index in [9.17, 15) is 0 Å². The zero-order valence-electron chi connectivity index (χ0n) is 16.8. The van der Waals surface area contributed by atoms with Crippen molar-refractivity contribution in [2.45, 2.75) is 37.3 Å². The van der Waals surface area contributed by atoms with Gasteiger partial charge in [0.2, 0.25) is 0 Å². The fourth-order valence-electron chi connectivity index (χ4n) is 5.61. The molecular weight excluding hydrogens is 368 g/mol. The summed E-state index contributed by atoms with van der Waals surface area (Å²) < 4.78 is 20.3. The van der Waals surface area contributed by atoms with Crippen molar-refractivity contribution in [3.05, 3.63) is 42.0 Å². The van der Waals surface area contributed by atoms with E-state index in [2.05, 4.69) is 30.1 Å². The highest BCUT2D eigenvalue weighted by molar-refractivity contribution is 5.76. The number of amidine groups is 1. The number of nitrogens with zero attached hydrogens (tertiary/aromatic N) is 3. The third-order valence-electron chi connectivity index (χ3n) is 7.66. The highest BCUT2D eigenvalue weighted by Gasteiger charge is 2.75. The maximum atomic E-state index is 6.71. The molecule has 2 fully saturated rings. The summed E-state index contributed by atoms with van der Waals surface area (Å²) in [6, 6.07) is 6.64. The molecule has 1 aromatic carbocycles. The Morgan fingerprint density at radius 1 is 1.17 bits per heavy atom. The number of ether oxygens (including phenoxy) is 3. The Hall–Kier alpha value is -2.67. The molecule has 4 heterocycles. The first-order valence-corrected chi connectivity index (χ1v) is 10.2. The highest BCUT2D eigenvalue weighted by atomic mass is 16.5. The van der Waals surface area contributed by atoms with E-state index in [-0.39, 0.29) is 17.0 Å². The molecule has 2 N–H and O–H groups in total. The zero-order valence-corrected chi connectivity index (χ0v) is 16.8. The molecule has 1 aromatic heterocycles. The zero-order chi connectivity index (χ0) is 19.9. The van der Waals surface area contributed by atoms with Crippen LogP contribution in [-0.4, -0.2) is 36.4 Å². The number of rotatable bonds is 1. The maximum absolute atomic E-state index is 6.71. The van der Waals surface area contributed by atoms with Gasteiger partial charge in [-0.2, -0.15) is 0 Å². The smallest absolute Gasteiger partial charge is 0.286 e. The molecule has 1 unspecified atom stereocenters. The number of nitrogens with two attached hydrogens (primary N) is 1. The van der Waals surface area contributed by atoms with Gasteiger partial charge in [-0.1, -0.05) is 11.1 Å². The van der Waals surface area contributed by atoms with Crippen LogP contribution in [0.3, 0.4) is 0 Å². The number of hydrogen-bond donors (Lipinski definition) is 1. The first-order valence-electron chi connectivity index (χ1n) is 10.2. The molecule has 3 spiro atoms. The first kappa shape index (κ1) is 17.2. The fraction of sp³-hybridized carbons (Fsp3) is 0.500. The predicted octanol–water partition coefficient (Wildman–Crippen LogP) is 1.75. The summed E-state index contributed by atoms with van der Waals surface area (Å²) in [5.74, 6) is 0.888. The highest BCUT2D eigenvalue weighted by Crippen LogP contribution is 2.67. The molecular formula is C22H25N4O3+. The monoisotopic (exact) mass is 393 g/mol. The van der Waals surface area contributed by atoms with Gasteiger partial charge < -0.3 is 19.9 Å². The summed E-state index contributed by atoms with van der Waals surface area (Å²) in [5, 5.41) is 0. The van der Waals surface area contributed by atoms with E-state index < -0.39 is 5.54 Å². The van der Waals surface area contributed by atoms with Gasteiger partial charge in [-0.25, -0.2) is 9.56 Å². The maximum Gasteiger partial charge on any atom is 0.286 e. The van der Waals surface area contributed by atoms with Crippen LogP contribution >= 0.6 is 0 Å². The number of hydrogen-bond acceptors (Lipinski definition) is 6. The summed E-state index contributed by atoms with van der Waals surface area (Å²) in [6.45, 7) is 3.78. The van der Waals surface area contributed by atoms with Gasteiger partial charge in [-0.15, -0.1) is 0 Å². The molecule has 0 radical (unpaired) electrons. The molecule has 1 saturated heterocycles. The van der Waals surface area contributed by atoms with Crippen LogP contribution in [0, 0.1) is 12.3 Å². The molecule has 150 valence electrons. The van der Waals surface area contributed by atoms with Crippen LogP contribution in [0.1, 0.15) is 30.5 Å². The molecule has 29 heavy (non-hydrogen) atoms. The molecule has 1 saturated carbocycles. The van der Waals surface area contributed by atoms with Crippen LogP contribution in [0.4, 0.5) is 0 Å². The van der Waals surface area contributed by atoms with E-state index in [0.717, 1.165) is 47.4 Å². The van der Waals surface area contributed by atoms with Crippen LogP contribution in [0.2, 0.25) is 0 Å². The minimum atomic E-state index is -0.572. The van der Waals surface area contributed by atoms with E-state index in [1.54, 1.807) is 0 Å². The molecule has 1 atom stereocenters. The average molecular weight is 393 g/mol. The number of benzene rings is 1. The lowest BCUT2D eigenvalue weighted by atomic mass is 9.49. The summed E-state index contributed by atoms with van der Waals surface area (Å²) in [6.07, 6.45) is 6.93. The van der Waals surface area contributed by atoms with Crippen molar-refractivity contribution in [2.24, 2.45) is 23.2 Å². The third-order valence-corrected chi connectivity index (χ3v) is 7.66. The van der Waals surface area contributed by atoms with Crippen molar-refractivity contribution >= 4 is 6.02 Å². The van der Waals surface area contributed by atoms with E-state index in [0.29, 0.717) is 19.8 Å². The van der Waals surface area contributed by atoms with Gasteiger partial charge in [0.15, 0.2) is 6.20 Å². The number of fused-ring (bicyclic) bond motifs is 4. The van der Waals surface area contributed by atoms with E-state index >= 15 is 0 Å². The summed E-state index contributed by atoms with van der Waals surface area (Å²) in [4.78, 5) is 9.31. The third kappa shape index (κ3) is 1.94. The molecule has 7 heteroatoms. The van der Waals surface area contributed by atoms with Gasteiger partial charge in [0.25, 0.3) is 12.3 Å². The first-order chi connectivity index (χ1) is 14.0. The molecule has 0 amide bonds. The molecule has 0 bridgehead atoms. The summed E-state index contributed by atoms with van der Waals surface area (Å²) >= 11 is 0. The van der Waals surface area contributed by atoms with Gasteiger partial charge in [-0.3, -0.25) is 0 Å². The minimum Gasteiger partial charge on any atom is -0.486 e. The predicted molar refractivity (Wildman–Crippen MR) is 105 cm³/mol. The van der Waals surface area contributed by atoms with Gasteiger partial charge >= 0.3 is 0 Å². The van der Waals surface area contributed by atoms with Crippen molar-refractivity contribution in [3.8, 4) is 16.9 Å². The molecule has 3 aliphatic heterocycles. The Balaban J connectivity index is 1.59. The van der Waals surface area contributed by atoms with E-state index in [1.807, 2.05) is 24.1 Å². The second-order valence-corrected chi connectivity index (χ2v) is 8.84. The lowest BCUT2D eigenvalue weighted by Crippen LogP contribution is -2.75. The van der Waals surface area contributed by atoms with Crippen molar-refractivity contribution in [1.82, 2.24) is 4.98 Å². The Kier molecular flexibility index (Phi) is 3.25. The van der Waals surface area contributed by atoms with Crippen molar-refractivity contribution < 1.29 is 18.8 Å². The Bertz CT molecular complexity index is 1060. The van der Waals surface area contributed by atoms with Crippen LogP contribution in [-0.2, 0) is 22.1 Å². The van der Waals surface area contributed by atoms with Crippen molar-refractivity contribution in [2.75, 3.05) is 19.8 Å². The van der Waals surface area contributed by atoms with E-state index in [4.69, 9.17) is 24.9 Å². The average Bonchev–Trinajstić information content (AvgIpc) is 3.03. The van der Waals surface area contributed by atoms with Crippen molar-refractivity contribution in [1.29, 1.82) is 0 Å². The van der Waals surface area contributed by atoms with Gasteiger partial charge in [0, 0.05) is 5.56 Å². The van der Waals surface area contributed by atoms with Crippen LogP contribution in [0.5, 0.6) is 5.75 Å². The Labute approximate surface area is 169 Å². The number of aryl methyl sites for hydroxylation is 1. The number of aliphatic imine (C=N–C) groups is 1. The topological polar surface area (TPSA) is 82.8 Å². The van der Waals surface area contributed by atoms with Gasteiger partial charge in [0.05, 0.1) is 31.2 Å². The SMILES string of the molecule is Cc1c(-c2ccc3c(c2)C2(COC(N)=N2)C2(COC2)C2(CCC2)O3)cnc[n+]1C. The second-order valence-electron chi connectivity index (χ2n) is 8.84. The Morgan fingerprint density at radius 3 is 2.62 bits per heavy atom. The van der Waals surface area contributed by atoms with Gasteiger partial charge in [0.1, 0.15) is 29.2 Å². The second kappa shape index (κ2) is 5.48. The summed E-state index contributed by atoms with van der Waals surface area (Å²) in [5.41, 5.74) is 9.39. The van der Waals surface area contributed by atoms with Crippen molar-refractivity contribution in [3.63, 3.8) is 0 Å². The lowest BCUT2D eigenvalue weighted by molar-refractivity contribution is -0.680. The fourth-order valence-corrected chi connectivity index (χ4v) is 5.61. The number of aromatic nitrogens is 2. The van der Waals surface area contributed by atoms with Gasteiger partial charge in [-0.05, 0) is 43.9 Å². The quantitative estimate of drug-likeness (QED) is 0.747. The molecule has 1 aliphatic carbocycles. The standard InChI is InChI=1S/C22H25N4O3/c1-14-16(9-24-13-26(14)2)15-4-5-18-17(8-15)22(12-28-19(23)25-22)20(10-27-11-20)21(29-18)6-3-7-21/h4-5,8-9,13H,3,6-7,10-12H2,1-2H3,(H2,23,25)/q+1. The Morgan fingerprint density at radius 2 is 2.00 bits per heavy atom. The van der Waals surface area contributed by atoms with E-state index in [1.165, 1.54) is 0 Å². The molecule has 6 rings (SSSR count). The normalized spacial score (nSPS) is 27.6. The molecule has 4 aliphatic rings. The minimum absolute atomic E-state index is 0.236. The molecule has 7 nitrogen and oxygen atoms in total. The largest absolute Gasteiger partial charge is 0.486 e. The van der Waals surface area contributed by atoms with Crippen LogP contribution in [0.15, 0.2) is 35.7 Å².